The van der Waals surface area contributed by atoms with Gasteiger partial charge in [-0.15, -0.1) is 0 Å². The van der Waals surface area contributed by atoms with Crippen LogP contribution in [-0.4, -0.2) is 18.2 Å². The molecule has 0 aliphatic carbocycles. The minimum Gasteiger partial charge on any atom is -0.389 e. The summed E-state index contributed by atoms with van der Waals surface area (Å²) < 4.78 is 0. The molecule has 2 rings (SSSR count). The fraction of sp³-hybridized carbons (Fsp3) is 0.562. The highest BCUT2D eigenvalue weighted by atomic mass is 16.3. The maximum Gasteiger partial charge on any atom is 0.0992 e. The van der Waals surface area contributed by atoms with Crippen LogP contribution in [0.25, 0.3) is 0 Å². The highest BCUT2D eigenvalue weighted by molar-refractivity contribution is 5.59. The van der Waals surface area contributed by atoms with E-state index in [0.29, 0.717) is 5.56 Å². The molecule has 3 nitrogen and oxygen atoms in total. The molecular formula is C16H22N2O. The number of nitrogens with zero attached hydrogens (tertiary/aromatic N) is 2. The molecule has 1 heterocycles. The van der Waals surface area contributed by atoms with Crippen LogP contribution in [0.5, 0.6) is 0 Å². The molecule has 1 aromatic carbocycles. The number of aliphatic hydroxyl groups excluding tert-OH is 1. The molecule has 0 saturated carbocycles. The SMILES string of the molecule is C[C@@H](O)c1ccc(C#N)cc1N1CCCC(C)(C)C1. The van der Waals surface area contributed by atoms with Crippen LogP contribution in [0.1, 0.15) is 50.8 Å². The lowest BCUT2D eigenvalue weighted by atomic mass is 9.83. The van der Waals surface area contributed by atoms with Gasteiger partial charge in [-0.05, 0) is 37.3 Å². The minimum absolute atomic E-state index is 0.289. The van der Waals surface area contributed by atoms with Crippen molar-refractivity contribution in [2.24, 2.45) is 5.41 Å². The van der Waals surface area contributed by atoms with Gasteiger partial charge in [0.25, 0.3) is 0 Å². The number of benzene rings is 1. The van der Waals surface area contributed by atoms with Crippen molar-refractivity contribution in [1.29, 1.82) is 5.26 Å². The topological polar surface area (TPSA) is 47.3 Å². The van der Waals surface area contributed by atoms with E-state index >= 15 is 0 Å². The maximum absolute atomic E-state index is 9.92. The molecule has 0 unspecified atom stereocenters. The Hall–Kier alpha value is -1.53. The number of anilines is 1. The lowest BCUT2D eigenvalue weighted by Gasteiger charge is -2.40. The largest absolute Gasteiger partial charge is 0.389 e. The van der Waals surface area contributed by atoms with Gasteiger partial charge in [-0.1, -0.05) is 19.9 Å². The molecule has 1 saturated heterocycles. The van der Waals surface area contributed by atoms with E-state index in [2.05, 4.69) is 24.8 Å². The third kappa shape index (κ3) is 3.08. The minimum atomic E-state index is -0.507. The van der Waals surface area contributed by atoms with Crippen molar-refractivity contribution in [3.8, 4) is 6.07 Å². The number of hydrogen-bond donors (Lipinski definition) is 1. The molecule has 1 aromatic rings. The van der Waals surface area contributed by atoms with Gasteiger partial charge in [-0.2, -0.15) is 5.26 Å². The van der Waals surface area contributed by atoms with Gasteiger partial charge in [0.15, 0.2) is 0 Å². The van der Waals surface area contributed by atoms with Crippen LogP contribution >= 0.6 is 0 Å². The zero-order valence-electron chi connectivity index (χ0n) is 12.0. The Kier molecular flexibility index (Phi) is 3.82. The van der Waals surface area contributed by atoms with Crippen molar-refractivity contribution in [3.05, 3.63) is 29.3 Å². The van der Waals surface area contributed by atoms with Crippen LogP contribution in [0, 0.1) is 16.7 Å². The molecule has 1 fully saturated rings. The van der Waals surface area contributed by atoms with Crippen molar-refractivity contribution in [2.75, 3.05) is 18.0 Å². The summed E-state index contributed by atoms with van der Waals surface area (Å²) in [6.07, 6.45) is 1.88. The molecule has 19 heavy (non-hydrogen) atoms. The fourth-order valence-corrected chi connectivity index (χ4v) is 2.87. The summed E-state index contributed by atoms with van der Waals surface area (Å²) in [5, 5.41) is 19.0. The van der Waals surface area contributed by atoms with Gasteiger partial charge >= 0.3 is 0 Å². The lowest BCUT2D eigenvalue weighted by molar-refractivity contribution is 0.199. The van der Waals surface area contributed by atoms with Crippen molar-refractivity contribution in [3.63, 3.8) is 0 Å². The Balaban J connectivity index is 2.39. The van der Waals surface area contributed by atoms with Gasteiger partial charge in [-0.3, -0.25) is 0 Å². The van der Waals surface area contributed by atoms with Gasteiger partial charge in [0.1, 0.15) is 0 Å². The summed E-state index contributed by atoms with van der Waals surface area (Å²) in [6, 6.07) is 7.74. The van der Waals surface area contributed by atoms with Crippen LogP contribution in [0.2, 0.25) is 0 Å². The summed E-state index contributed by atoms with van der Waals surface area (Å²) in [6.45, 7) is 8.30. The van der Waals surface area contributed by atoms with Crippen molar-refractivity contribution < 1.29 is 5.11 Å². The predicted molar refractivity (Wildman–Crippen MR) is 77.0 cm³/mol. The van der Waals surface area contributed by atoms with Gasteiger partial charge in [-0.25, -0.2) is 0 Å². The van der Waals surface area contributed by atoms with Crippen LogP contribution in [0.3, 0.4) is 0 Å². The van der Waals surface area contributed by atoms with Crippen molar-refractivity contribution >= 4 is 5.69 Å². The van der Waals surface area contributed by atoms with E-state index in [1.54, 1.807) is 13.0 Å². The third-order valence-corrected chi connectivity index (χ3v) is 3.85. The first-order valence-electron chi connectivity index (χ1n) is 6.90. The Morgan fingerprint density at radius 1 is 1.42 bits per heavy atom. The van der Waals surface area contributed by atoms with Crippen LogP contribution < -0.4 is 4.90 Å². The Morgan fingerprint density at radius 3 is 2.74 bits per heavy atom. The summed E-state index contributed by atoms with van der Waals surface area (Å²) in [5.74, 6) is 0. The predicted octanol–water partition coefficient (Wildman–Crippen LogP) is 3.24. The van der Waals surface area contributed by atoms with E-state index < -0.39 is 6.10 Å². The normalized spacial score (nSPS) is 19.8. The number of hydrogen-bond acceptors (Lipinski definition) is 3. The van der Waals surface area contributed by atoms with Crippen molar-refractivity contribution in [2.45, 2.75) is 39.7 Å². The van der Waals surface area contributed by atoms with Gasteiger partial charge < -0.3 is 10.0 Å². The van der Waals surface area contributed by atoms with Crippen LogP contribution in [0.4, 0.5) is 5.69 Å². The second-order valence-electron chi connectivity index (χ2n) is 6.25. The average Bonchev–Trinajstić information content (AvgIpc) is 2.36. The van der Waals surface area contributed by atoms with E-state index in [0.717, 1.165) is 30.8 Å². The summed E-state index contributed by atoms with van der Waals surface area (Å²) >= 11 is 0. The number of rotatable bonds is 2. The van der Waals surface area contributed by atoms with E-state index in [9.17, 15) is 5.11 Å². The molecule has 0 aromatic heterocycles. The summed E-state index contributed by atoms with van der Waals surface area (Å²) in [5.41, 5.74) is 2.87. The Bertz CT molecular complexity index is 500. The molecule has 0 radical (unpaired) electrons. The highest BCUT2D eigenvalue weighted by Crippen LogP contribution is 2.35. The van der Waals surface area contributed by atoms with Gasteiger partial charge in [0.2, 0.25) is 0 Å². The summed E-state index contributed by atoms with van der Waals surface area (Å²) in [7, 11) is 0. The standard InChI is InChI=1S/C16H22N2O/c1-12(19)14-6-5-13(10-17)9-15(14)18-8-4-7-16(2,3)11-18/h5-6,9,12,19H,4,7-8,11H2,1-3H3/t12-/m1/s1. The first-order valence-corrected chi connectivity index (χ1v) is 6.90. The van der Waals surface area contributed by atoms with Gasteiger partial charge in [0, 0.05) is 24.3 Å². The van der Waals surface area contributed by atoms with Crippen LogP contribution in [-0.2, 0) is 0 Å². The molecular weight excluding hydrogens is 236 g/mol. The molecule has 1 N–H and O–H groups in total. The molecule has 1 aliphatic rings. The second kappa shape index (κ2) is 5.22. The van der Waals surface area contributed by atoms with Gasteiger partial charge in [0.05, 0.1) is 17.7 Å². The second-order valence-corrected chi connectivity index (χ2v) is 6.25. The quantitative estimate of drug-likeness (QED) is 0.886. The molecule has 3 heteroatoms. The third-order valence-electron chi connectivity index (χ3n) is 3.85. The number of nitriles is 1. The average molecular weight is 258 g/mol. The molecule has 0 spiro atoms. The number of piperidine rings is 1. The maximum atomic E-state index is 9.92. The smallest absolute Gasteiger partial charge is 0.0992 e. The molecule has 0 amide bonds. The molecule has 1 aliphatic heterocycles. The first kappa shape index (κ1) is 13.9. The van der Waals surface area contributed by atoms with Crippen LogP contribution in [0.15, 0.2) is 18.2 Å². The van der Waals surface area contributed by atoms with E-state index in [4.69, 9.17) is 5.26 Å². The van der Waals surface area contributed by atoms with E-state index in [1.807, 2.05) is 12.1 Å². The monoisotopic (exact) mass is 258 g/mol. The number of aliphatic hydroxyl groups is 1. The molecule has 0 bridgehead atoms. The molecule has 1 atom stereocenters. The summed E-state index contributed by atoms with van der Waals surface area (Å²) in [4.78, 5) is 2.31. The van der Waals surface area contributed by atoms with E-state index in [-0.39, 0.29) is 5.41 Å². The Morgan fingerprint density at radius 2 is 2.16 bits per heavy atom. The zero-order valence-corrected chi connectivity index (χ0v) is 12.0. The fourth-order valence-electron chi connectivity index (χ4n) is 2.87. The molecule has 102 valence electrons. The lowest BCUT2D eigenvalue weighted by Crippen LogP contribution is -2.40. The zero-order chi connectivity index (χ0) is 14.0. The Labute approximate surface area is 115 Å². The van der Waals surface area contributed by atoms with Crippen molar-refractivity contribution in [1.82, 2.24) is 0 Å². The van der Waals surface area contributed by atoms with E-state index in [1.165, 1.54) is 6.42 Å². The first-order chi connectivity index (χ1) is 8.93. The highest BCUT2D eigenvalue weighted by Gasteiger charge is 2.28.